The second-order valence-electron chi connectivity index (χ2n) is 5.74. The number of amides is 1. The fourth-order valence-corrected chi connectivity index (χ4v) is 2.41. The van der Waals surface area contributed by atoms with E-state index in [1.54, 1.807) is 17.9 Å². The molecule has 0 saturated carbocycles. The zero-order chi connectivity index (χ0) is 19.8. The largest absolute Gasteiger partial charge is 0.573 e. The van der Waals surface area contributed by atoms with Gasteiger partial charge in [0.25, 0.3) is 0 Å². The number of carbonyl (C=O) groups is 1. The molecule has 0 aliphatic rings. The van der Waals surface area contributed by atoms with Crippen molar-refractivity contribution in [1.82, 2.24) is 19.5 Å². The maximum absolute atomic E-state index is 12.3. The summed E-state index contributed by atoms with van der Waals surface area (Å²) in [5.41, 5.74) is 7.29. The molecule has 0 fully saturated rings. The van der Waals surface area contributed by atoms with Gasteiger partial charge in [0.15, 0.2) is 11.5 Å². The molecule has 0 unspecified atom stereocenters. The Morgan fingerprint density at radius 2 is 1.93 bits per heavy atom. The number of ether oxygens (including phenoxy) is 1. The zero-order valence-corrected chi connectivity index (χ0v) is 14.1. The molecule has 0 radical (unpaired) electrons. The van der Waals surface area contributed by atoms with E-state index in [2.05, 4.69) is 26.3 Å². The van der Waals surface area contributed by atoms with Crippen LogP contribution < -0.4 is 10.5 Å². The van der Waals surface area contributed by atoms with Crippen molar-refractivity contribution in [3.8, 4) is 17.1 Å². The van der Waals surface area contributed by atoms with Gasteiger partial charge < -0.3 is 15.0 Å². The summed E-state index contributed by atoms with van der Waals surface area (Å²) in [4.78, 5) is 24.3. The number of hydrogen-bond acceptors (Lipinski definition) is 5. The summed E-state index contributed by atoms with van der Waals surface area (Å²) < 4.78 is 42.4. The zero-order valence-electron chi connectivity index (χ0n) is 14.1. The molecule has 0 bridgehead atoms. The molecule has 0 aliphatic heterocycles. The van der Waals surface area contributed by atoms with Crippen LogP contribution in [0.15, 0.2) is 42.7 Å². The van der Waals surface area contributed by atoms with E-state index in [4.69, 9.17) is 5.73 Å². The molecule has 1 amide bonds. The third-order valence-electron chi connectivity index (χ3n) is 3.71. The van der Waals surface area contributed by atoms with Gasteiger partial charge in [0.05, 0.1) is 12.0 Å². The summed E-state index contributed by atoms with van der Waals surface area (Å²) in [6.07, 6.45) is -3.15. The lowest BCUT2D eigenvalue weighted by Crippen LogP contribution is -2.17. The van der Waals surface area contributed by atoms with Crippen LogP contribution >= 0.6 is 0 Å². The number of hydrogen-bond donors (Lipinski definition) is 1. The lowest BCUT2D eigenvalue weighted by Gasteiger charge is -2.10. The molecule has 3 rings (SSSR count). The smallest absolute Gasteiger partial charge is 0.406 e. The van der Waals surface area contributed by atoms with Gasteiger partial charge in [0.2, 0.25) is 5.91 Å². The number of benzene rings is 1. The third kappa shape index (κ3) is 4.05. The molecule has 7 nitrogen and oxygen atoms in total. The van der Waals surface area contributed by atoms with Crippen LogP contribution in [0.25, 0.3) is 22.6 Å². The number of rotatable bonds is 5. The predicted molar refractivity (Wildman–Crippen MR) is 90.5 cm³/mol. The molecule has 0 aliphatic carbocycles. The topological polar surface area (TPSA) is 95.9 Å². The van der Waals surface area contributed by atoms with E-state index in [1.807, 2.05) is 0 Å². The Labute approximate surface area is 151 Å². The molecule has 140 valence electrons. The van der Waals surface area contributed by atoms with E-state index >= 15 is 0 Å². The lowest BCUT2D eigenvalue weighted by molar-refractivity contribution is -0.274. The van der Waals surface area contributed by atoms with Crippen molar-refractivity contribution < 1.29 is 22.7 Å². The first-order valence-electron chi connectivity index (χ1n) is 7.66. The minimum atomic E-state index is -4.77. The second kappa shape index (κ2) is 6.71. The Hall–Kier alpha value is -3.43. The molecule has 2 heterocycles. The summed E-state index contributed by atoms with van der Waals surface area (Å²) in [7, 11) is 1.74. The van der Waals surface area contributed by atoms with Crippen LogP contribution in [-0.4, -0.2) is 31.8 Å². The van der Waals surface area contributed by atoms with E-state index in [0.717, 1.165) is 0 Å². The molecule has 0 saturated heterocycles. The van der Waals surface area contributed by atoms with Crippen molar-refractivity contribution in [2.75, 3.05) is 0 Å². The van der Waals surface area contributed by atoms with Crippen molar-refractivity contribution in [1.29, 1.82) is 0 Å². The third-order valence-corrected chi connectivity index (χ3v) is 3.71. The summed E-state index contributed by atoms with van der Waals surface area (Å²) in [6, 6.07) is 5.15. The van der Waals surface area contributed by atoms with Gasteiger partial charge in [-0.25, -0.2) is 15.0 Å². The number of nitrogens with zero attached hydrogens (tertiary/aromatic N) is 4. The average Bonchev–Trinajstić information content (AvgIpc) is 2.95. The van der Waals surface area contributed by atoms with Gasteiger partial charge in [-0.1, -0.05) is 6.58 Å². The maximum atomic E-state index is 12.3. The maximum Gasteiger partial charge on any atom is 0.573 e. The van der Waals surface area contributed by atoms with Gasteiger partial charge in [0.1, 0.15) is 11.3 Å². The molecule has 2 N–H and O–H groups in total. The number of aryl methyl sites for hydroxylation is 1. The summed E-state index contributed by atoms with van der Waals surface area (Å²) in [5, 5.41) is 0. The van der Waals surface area contributed by atoms with Crippen molar-refractivity contribution in [3.63, 3.8) is 0 Å². The molecule has 10 heteroatoms. The number of alkyl halides is 3. The number of halogens is 3. The van der Waals surface area contributed by atoms with Crippen molar-refractivity contribution in [3.05, 3.63) is 48.4 Å². The van der Waals surface area contributed by atoms with Gasteiger partial charge in [-0.3, -0.25) is 4.79 Å². The molecule has 2 aromatic heterocycles. The number of imidazole rings is 1. The first-order chi connectivity index (χ1) is 12.6. The van der Waals surface area contributed by atoms with E-state index in [1.165, 1.54) is 24.3 Å². The number of nitrogens with two attached hydrogens (primary N) is 1. The van der Waals surface area contributed by atoms with Crippen LogP contribution in [0.3, 0.4) is 0 Å². The molecule has 0 spiro atoms. The van der Waals surface area contributed by atoms with Crippen molar-refractivity contribution >= 4 is 17.1 Å². The van der Waals surface area contributed by atoms with Crippen molar-refractivity contribution in [2.45, 2.75) is 12.8 Å². The van der Waals surface area contributed by atoms with E-state index < -0.39 is 12.3 Å². The minimum absolute atomic E-state index is 0.0770. The van der Waals surface area contributed by atoms with Crippen molar-refractivity contribution in [2.24, 2.45) is 12.8 Å². The normalized spacial score (nSPS) is 11.6. The Kier molecular flexibility index (Phi) is 4.56. The molecule has 0 atom stereocenters. The number of primary amides is 1. The Bertz CT molecular complexity index is 1030. The highest BCUT2D eigenvalue weighted by molar-refractivity contribution is 5.92. The first-order valence-corrected chi connectivity index (χ1v) is 7.66. The van der Waals surface area contributed by atoms with Gasteiger partial charge in [-0.2, -0.15) is 0 Å². The molecule has 1 aromatic carbocycles. The van der Waals surface area contributed by atoms with E-state index in [-0.39, 0.29) is 23.6 Å². The van der Waals surface area contributed by atoms with Gasteiger partial charge in [-0.05, 0) is 24.3 Å². The number of fused-ring (bicyclic) bond motifs is 1. The Morgan fingerprint density at radius 1 is 1.26 bits per heavy atom. The van der Waals surface area contributed by atoms with Crippen LogP contribution in [0.5, 0.6) is 5.75 Å². The van der Waals surface area contributed by atoms with Crippen LogP contribution in [-0.2, 0) is 18.3 Å². The molecule has 3 aromatic rings. The standard InChI is InChI=1S/C17H14F3N5O2/c1-9(14(21)26)7-12-13-16(25(2)8-22-13)24-15(23-12)10-3-5-11(6-4-10)27-17(18,19)20/h3-6,8H,1,7H2,2H3,(H2,21,26). The van der Waals surface area contributed by atoms with Gasteiger partial charge in [-0.15, -0.1) is 13.2 Å². The lowest BCUT2D eigenvalue weighted by atomic mass is 10.1. The predicted octanol–water partition coefficient (Wildman–Crippen LogP) is 2.51. The highest BCUT2D eigenvalue weighted by atomic mass is 19.4. The number of aromatic nitrogens is 4. The van der Waals surface area contributed by atoms with E-state index in [0.29, 0.717) is 22.4 Å². The highest BCUT2D eigenvalue weighted by Gasteiger charge is 2.31. The van der Waals surface area contributed by atoms with Gasteiger partial charge >= 0.3 is 6.36 Å². The SMILES string of the molecule is C=C(Cc1nc(-c2ccc(OC(F)(F)F)cc2)nc2c1ncn2C)C(N)=O. The highest BCUT2D eigenvalue weighted by Crippen LogP contribution is 2.27. The monoisotopic (exact) mass is 377 g/mol. The minimum Gasteiger partial charge on any atom is -0.406 e. The fraction of sp³-hybridized carbons (Fsp3) is 0.176. The molecular formula is C17H14F3N5O2. The van der Waals surface area contributed by atoms with Crippen LogP contribution in [0.2, 0.25) is 0 Å². The molecule has 27 heavy (non-hydrogen) atoms. The Morgan fingerprint density at radius 3 is 2.52 bits per heavy atom. The van der Waals surface area contributed by atoms with Gasteiger partial charge in [0, 0.05) is 24.6 Å². The fourth-order valence-electron chi connectivity index (χ4n) is 2.41. The Balaban J connectivity index is 2.02. The number of carbonyl (C=O) groups excluding carboxylic acids is 1. The quantitative estimate of drug-likeness (QED) is 0.690. The average molecular weight is 377 g/mol. The summed E-state index contributed by atoms with van der Waals surface area (Å²) in [6.45, 7) is 3.62. The van der Waals surface area contributed by atoms with Crippen LogP contribution in [0.1, 0.15) is 5.69 Å². The van der Waals surface area contributed by atoms with Crippen LogP contribution in [0.4, 0.5) is 13.2 Å². The van der Waals surface area contributed by atoms with Crippen LogP contribution in [0, 0.1) is 0 Å². The van der Waals surface area contributed by atoms with E-state index in [9.17, 15) is 18.0 Å². The summed E-state index contributed by atoms with van der Waals surface area (Å²) >= 11 is 0. The molecular weight excluding hydrogens is 363 g/mol. The second-order valence-corrected chi connectivity index (χ2v) is 5.74. The first kappa shape index (κ1) is 18.4. The summed E-state index contributed by atoms with van der Waals surface area (Å²) in [5.74, 6) is -0.750.